The molecule has 3 rings (SSSR count). The van der Waals surface area contributed by atoms with Crippen LogP contribution in [0.15, 0.2) is 65.8 Å². The molecule has 2 amide bonds. The second kappa shape index (κ2) is 10.5. The van der Waals surface area contributed by atoms with Crippen LogP contribution in [0.2, 0.25) is 15.1 Å². The molecule has 0 saturated carbocycles. The number of hydrogen-bond donors (Lipinski definition) is 2. The maximum absolute atomic E-state index is 12.5. The average Bonchev–Trinajstić information content (AvgIpc) is 2.77. The maximum atomic E-state index is 12.5. The molecule has 0 saturated heterocycles. The summed E-state index contributed by atoms with van der Waals surface area (Å²) in [6.07, 6.45) is 0. The number of hydrogen-bond acceptors (Lipinski definition) is 4. The van der Waals surface area contributed by atoms with Gasteiger partial charge in [0.15, 0.2) is 0 Å². The summed E-state index contributed by atoms with van der Waals surface area (Å²) in [6.45, 7) is 1.73. The molecule has 0 atom stereocenters. The van der Waals surface area contributed by atoms with Gasteiger partial charge in [0.25, 0.3) is 11.8 Å². The van der Waals surface area contributed by atoms with Gasteiger partial charge >= 0.3 is 0 Å². The van der Waals surface area contributed by atoms with E-state index in [9.17, 15) is 9.59 Å². The second-order valence-corrected chi connectivity index (χ2v) is 7.92. The molecule has 32 heavy (non-hydrogen) atoms. The number of hydrazone groups is 1. The molecule has 0 bridgehead atoms. The first kappa shape index (κ1) is 23.6. The van der Waals surface area contributed by atoms with Gasteiger partial charge in [-0.05, 0) is 61.0 Å². The fourth-order valence-electron chi connectivity index (χ4n) is 2.81. The molecule has 0 aliphatic heterocycles. The number of anilines is 1. The van der Waals surface area contributed by atoms with Crippen LogP contribution in [-0.2, 0) is 0 Å². The van der Waals surface area contributed by atoms with Crippen LogP contribution in [0.5, 0.6) is 5.75 Å². The van der Waals surface area contributed by atoms with Crippen molar-refractivity contribution in [3.63, 3.8) is 0 Å². The predicted octanol–water partition coefficient (Wildman–Crippen LogP) is 6.06. The van der Waals surface area contributed by atoms with Crippen molar-refractivity contribution >= 4 is 58.0 Å². The Morgan fingerprint density at radius 1 is 0.875 bits per heavy atom. The van der Waals surface area contributed by atoms with E-state index < -0.39 is 5.91 Å². The molecule has 6 nitrogen and oxygen atoms in total. The van der Waals surface area contributed by atoms with Crippen molar-refractivity contribution in [2.45, 2.75) is 6.92 Å². The molecule has 0 unspecified atom stereocenters. The van der Waals surface area contributed by atoms with Gasteiger partial charge in [-0.3, -0.25) is 9.59 Å². The highest BCUT2D eigenvalue weighted by Gasteiger charge is 2.14. The summed E-state index contributed by atoms with van der Waals surface area (Å²) in [5.41, 5.74) is 4.82. The number of carbonyl (C=O) groups is 2. The Bertz CT molecular complexity index is 1210. The van der Waals surface area contributed by atoms with Crippen molar-refractivity contribution in [2.24, 2.45) is 5.10 Å². The highest BCUT2D eigenvalue weighted by molar-refractivity contribution is 6.37. The molecule has 0 spiro atoms. The minimum absolute atomic E-state index is 0.253. The van der Waals surface area contributed by atoms with Crippen LogP contribution in [-0.4, -0.2) is 24.6 Å². The monoisotopic (exact) mass is 489 g/mol. The Balaban J connectivity index is 1.74. The normalized spacial score (nSPS) is 11.1. The number of carbonyl (C=O) groups excluding carboxylic acids is 2. The molecule has 2 N–H and O–H groups in total. The molecule has 0 aliphatic carbocycles. The largest absolute Gasteiger partial charge is 0.496 e. The number of benzene rings is 3. The summed E-state index contributed by atoms with van der Waals surface area (Å²) in [5.74, 6) is -0.462. The third kappa shape index (κ3) is 5.79. The molecule has 164 valence electrons. The molecule has 0 radical (unpaired) electrons. The van der Waals surface area contributed by atoms with E-state index in [4.69, 9.17) is 39.5 Å². The fraction of sp³-hybridized carbons (Fsp3) is 0.0870. The highest BCUT2D eigenvalue weighted by Crippen LogP contribution is 2.23. The Kier molecular flexibility index (Phi) is 7.75. The van der Waals surface area contributed by atoms with Crippen LogP contribution in [0.1, 0.15) is 33.2 Å². The lowest BCUT2D eigenvalue weighted by atomic mass is 10.1. The molecule has 0 aromatic heterocycles. The number of amides is 2. The lowest BCUT2D eigenvalue weighted by molar-refractivity contribution is 0.0951. The van der Waals surface area contributed by atoms with E-state index in [1.165, 1.54) is 19.2 Å². The standard InChI is InChI=1S/C23H18Cl3N3O3/c1-13(28-29-23(31)19-11-15(24)7-9-21(19)32-2)14-4-3-5-17(10-14)27-22(30)18-8-6-16(25)12-20(18)26/h3-12H,1-2H3,(H,27,30)(H,29,31). The Morgan fingerprint density at radius 3 is 2.31 bits per heavy atom. The maximum Gasteiger partial charge on any atom is 0.275 e. The summed E-state index contributed by atoms with van der Waals surface area (Å²) in [6, 6.07) is 16.4. The first-order valence-corrected chi connectivity index (χ1v) is 10.5. The number of methoxy groups -OCH3 is 1. The summed E-state index contributed by atoms with van der Waals surface area (Å²) in [5, 5.41) is 8.03. The van der Waals surface area contributed by atoms with Crippen molar-refractivity contribution < 1.29 is 14.3 Å². The molecule has 9 heteroatoms. The molecular weight excluding hydrogens is 473 g/mol. The number of nitrogens with one attached hydrogen (secondary N) is 2. The first-order valence-electron chi connectivity index (χ1n) is 9.33. The quantitative estimate of drug-likeness (QED) is 0.325. The molecule has 0 heterocycles. The lowest BCUT2D eigenvalue weighted by Gasteiger charge is -2.10. The van der Waals surface area contributed by atoms with Gasteiger partial charge in [-0.15, -0.1) is 0 Å². The third-order valence-corrected chi connectivity index (χ3v) is 5.23. The topological polar surface area (TPSA) is 79.8 Å². The van der Waals surface area contributed by atoms with Crippen molar-refractivity contribution in [3.05, 3.63) is 92.4 Å². The van der Waals surface area contributed by atoms with Crippen LogP contribution in [0.25, 0.3) is 0 Å². The van der Waals surface area contributed by atoms with E-state index in [-0.39, 0.29) is 16.5 Å². The fourth-order valence-corrected chi connectivity index (χ4v) is 3.48. The number of rotatable bonds is 6. The van der Waals surface area contributed by atoms with Crippen molar-refractivity contribution in [2.75, 3.05) is 12.4 Å². The Hall–Kier alpha value is -3.06. The van der Waals surface area contributed by atoms with Crippen molar-refractivity contribution in [3.8, 4) is 5.75 Å². The predicted molar refractivity (Wildman–Crippen MR) is 129 cm³/mol. The third-order valence-electron chi connectivity index (χ3n) is 4.45. The van der Waals surface area contributed by atoms with E-state index in [1.807, 2.05) is 0 Å². The van der Waals surface area contributed by atoms with Crippen LogP contribution < -0.4 is 15.5 Å². The van der Waals surface area contributed by atoms with Gasteiger partial charge in [-0.1, -0.05) is 46.9 Å². The summed E-state index contributed by atoms with van der Waals surface area (Å²) < 4.78 is 5.19. The van der Waals surface area contributed by atoms with Gasteiger partial charge in [0.2, 0.25) is 0 Å². The molecule has 3 aromatic carbocycles. The minimum atomic E-state index is -0.467. The van der Waals surface area contributed by atoms with E-state index in [1.54, 1.807) is 55.5 Å². The summed E-state index contributed by atoms with van der Waals surface area (Å²) in [4.78, 5) is 25.0. The van der Waals surface area contributed by atoms with Crippen molar-refractivity contribution in [1.82, 2.24) is 5.43 Å². The summed E-state index contributed by atoms with van der Waals surface area (Å²) in [7, 11) is 1.46. The SMILES string of the molecule is COc1ccc(Cl)cc1C(=O)NN=C(C)c1cccc(NC(=O)c2ccc(Cl)cc2Cl)c1. The van der Waals surface area contributed by atoms with E-state index in [0.29, 0.717) is 38.3 Å². The summed E-state index contributed by atoms with van der Waals surface area (Å²) >= 11 is 18.0. The molecular formula is C23H18Cl3N3O3. The Morgan fingerprint density at radius 2 is 1.59 bits per heavy atom. The zero-order valence-electron chi connectivity index (χ0n) is 17.1. The number of ether oxygens (including phenoxy) is 1. The van der Waals surface area contributed by atoms with E-state index >= 15 is 0 Å². The average molecular weight is 491 g/mol. The van der Waals surface area contributed by atoms with Gasteiger partial charge in [-0.2, -0.15) is 5.10 Å². The molecule has 3 aromatic rings. The number of halogens is 3. The van der Waals surface area contributed by atoms with Gasteiger partial charge in [0.05, 0.1) is 29.0 Å². The van der Waals surface area contributed by atoms with E-state index in [0.717, 1.165) is 0 Å². The number of nitrogens with zero attached hydrogens (tertiary/aromatic N) is 1. The van der Waals surface area contributed by atoms with Crippen LogP contribution in [0.3, 0.4) is 0 Å². The van der Waals surface area contributed by atoms with Crippen molar-refractivity contribution in [1.29, 1.82) is 0 Å². The van der Waals surface area contributed by atoms with Crippen LogP contribution in [0, 0.1) is 0 Å². The lowest BCUT2D eigenvalue weighted by Crippen LogP contribution is -2.20. The Labute approximate surface area is 200 Å². The second-order valence-electron chi connectivity index (χ2n) is 6.64. The molecule has 0 fully saturated rings. The molecule has 0 aliphatic rings. The van der Waals surface area contributed by atoms with Crippen LogP contribution in [0.4, 0.5) is 5.69 Å². The van der Waals surface area contributed by atoms with Gasteiger partial charge in [0.1, 0.15) is 5.75 Å². The first-order chi connectivity index (χ1) is 15.3. The zero-order chi connectivity index (χ0) is 23.3. The van der Waals surface area contributed by atoms with E-state index in [2.05, 4.69) is 15.8 Å². The zero-order valence-corrected chi connectivity index (χ0v) is 19.3. The van der Waals surface area contributed by atoms with Gasteiger partial charge in [0, 0.05) is 15.7 Å². The minimum Gasteiger partial charge on any atom is -0.496 e. The van der Waals surface area contributed by atoms with Crippen LogP contribution >= 0.6 is 34.8 Å². The van der Waals surface area contributed by atoms with Gasteiger partial charge in [-0.25, -0.2) is 5.43 Å². The smallest absolute Gasteiger partial charge is 0.275 e. The van der Waals surface area contributed by atoms with Gasteiger partial charge < -0.3 is 10.1 Å². The highest BCUT2D eigenvalue weighted by atomic mass is 35.5.